The van der Waals surface area contributed by atoms with Crippen LogP contribution in [-0.2, 0) is 17.9 Å². The predicted molar refractivity (Wildman–Crippen MR) is 37.3 cm³/mol. The first kappa shape index (κ1) is 29.2. The summed E-state index contributed by atoms with van der Waals surface area (Å²) < 4.78 is 0. The molecule has 0 aliphatic heterocycles. The van der Waals surface area contributed by atoms with Gasteiger partial charge in [0.2, 0.25) is 0 Å². The average Bonchev–Trinajstić information content (AvgIpc) is 1.00. The molecule has 0 nitrogen and oxygen atoms in total. The third-order valence-electron chi connectivity index (χ3n) is 0. The average molecular weight is 313 g/mol. The molecule has 5 heavy (non-hydrogen) atoms. The van der Waals surface area contributed by atoms with Crippen LogP contribution >= 0.6 is 29.4 Å². The molecule has 2 atom stereocenters. The quantitative estimate of drug-likeness (QED) is 0.457. The summed E-state index contributed by atoms with van der Waals surface area (Å²) >= 11 is 1.19. The van der Waals surface area contributed by atoms with Gasteiger partial charge in [0.15, 0.2) is 0 Å². The Kier molecular flexibility index (Phi) is 241. The molecule has 4 heteroatoms. The van der Waals surface area contributed by atoms with Crippen molar-refractivity contribution < 1.29 is 17.9 Å². The van der Waals surface area contributed by atoms with Crippen molar-refractivity contribution in [1.29, 1.82) is 0 Å². The van der Waals surface area contributed by atoms with Crippen molar-refractivity contribution in [1.82, 2.24) is 0 Å². The summed E-state index contributed by atoms with van der Waals surface area (Å²) in [6.07, 6.45) is 0. The van der Waals surface area contributed by atoms with Crippen LogP contribution in [0, 0.1) is 7.43 Å². The number of hydrogen-bond donors (Lipinski definition) is 0. The third-order valence-corrected chi connectivity index (χ3v) is 0. The Bertz CT molecular complexity index is 9.61. The maximum atomic E-state index is 4.69. The summed E-state index contributed by atoms with van der Waals surface area (Å²) in [5.74, 6) is 0. The molecule has 0 saturated carbocycles. The van der Waals surface area contributed by atoms with Crippen molar-refractivity contribution in [2.75, 3.05) is 0 Å². The number of halogens is 1. The second kappa shape index (κ2) is 41.3. The van der Waals surface area contributed by atoms with Crippen molar-refractivity contribution in [3.63, 3.8) is 0 Å². The molecule has 0 saturated heterocycles. The molecule has 0 N–H and O–H groups in total. The molecule has 0 aromatic carbocycles. The van der Waals surface area contributed by atoms with Gasteiger partial charge in [-0.2, -0.15) is 19.8 Å². The van der Waals surface area contributed by atoms with Gasteiger partial charge in [-0.25, -0.2) is 0 Å². The standard InChI is InChI=1S/CH3.ClH.Ir.2H3P.2H/h1H3;1H;;2*1H3;;/q-1;;+1;;;;/p-1. The van der Waals surface area contributed by atoms with Crippen LogP contribution in [0.15, 0.2) is 0 Å². The molecule has 0 spiro atoms. The van der Waals surface area contributed by atoms with E-state index in [0.29, 0.717) is 0 Å². The van der Waals surface area contributed by atoms with Gasteiger partial charge in [0.25, 0.3) is 0 Å². The Hall–Kier alpha value is 1.80. The van der Waals surface area contributed by atoms with E-state index in [9.17, 15) is 0 Å². The van der Waals surface area contributed by atoms with Gasteiger partial charge in [0, 0.05) is 0 Å². The SMILES string of the molecule is P.P.[CH3-].[Cl][IrH2]. The van der Waals surface area contributed by atoms with E-state index in [1.54, 1.807) is 0 Å². The van der Waals surface area contributed by atoms with Gasteiger partial charge >= 0.3 is 27.5 Å². The molecule has 0 aromatic rings. The monoisotopic (exact) mass is 313 g/mol. The van der Waals surface area contributed by atoms with Crippen LogP contribution in [0.2, 0.25) is 0 Å². The van der Waals surface area contributed by atoms with E-state index in [-0.39, 0.29) is 27.2 Å². The summed E-state index contributed by atoms with van der Waals surface area (Å²) in [5.41, 5.74) is 0. The third kappa shape index (κ3) is 25.9. The van der Waals surface area contributed by atoms with E-state index in [2.05, 4.69) is 0 Å². The van der Waals surface area contributed by atoms with Crippen LogP contribution < -0.4 is 0 Å². The Labute approximate surface area is 54.8 Å². The van der Waals surface area contributed by atoms with Gasteiger partial charge < -0.3 is 7.43 Å². The zero-order valence-corrected chi connectivity index (χ0v) is 9.47. The Morgan fingerprint density at radius 1 is 1.00 bits per heavy atom. The fourth-order valence-electron chi connectivity index (χ4n) is 0. The molecule has 0 fully saturated rings. The predicted octanol–water partition coefficient (Wildman–Crippen LogP) is 0.718. The molecule has 0 heterocycles. The summed E-state index contributed by atoms with van der Waals surface area (Å²) in [4.78, 5) is 0. The van der Waals surface area contributed by atoms with E-state index >= 15 is 0 Å². The van der Waals surface area contributed by atoms with Gasteiger partial charge in [-0.3, -0.25) is 0 Å². The van der Waals surface area contributed by atoms with E-state index in [4.69, 9.17) is 9.58 Å². The maximum absolute atomic E-state index is 4.69. The summed E-state index contributed by atoms with van der Waals surface area (Å²) in [6, 6.07) is 0. The van der Waals surface area contributed by atoms with Crippen LogP contribution in [0.4, 0.5) is 0 Å². The van der Waals surface area contributed by atoms with Gasteiger partial charge in [0.1, 0.15) is 0 Å². The molecular weight excluding hydrogens is 302 g/mol. The topological polar surface area (TPSA) is 0 Å². The van der Waals surface area contributed by atoms with Crippen LogP contribution in [0.5, 0.6) is 0 Å². The zero-order valence-electron chi connectivity index (χ0n) is 3.17. The van der Waals surface area contributed by atoms with Crippen molar-refractivity contribution in [2.45, 2.75) is 0 Å². The van der Waals surface area contributed by atoms with Crippen molar-refractivity contribution in [3.8, 4) is 0 Å². The van der Waals surface area contributed by atoms with Crippen molar-refractivity contribution in [3.05, 3.63) is 7.43 Å². The molecule has 0 aliphatic rings. The minimum atomic E-state index is 0. The Morgan fingerprint density at radius 2 is 1.00 bits per heavy atom. The molecule has 2 unspecified atom stereocenters. The zero-order chi connectivity index (χ0) is 2.00. The van der Waals surface area contributed by atoms with E-state index in [1.807, 2.05) is 0 Å². The second-order valence-electron chi connectivity index (χ2n) is 0. The van der Waals surface area contributed by atoms with Crippen LogP contribution in [0.1, 0.15) is 0 Å². The Morgan fingerprint density at radius 3 is 1.00 bits per heavy atom. The van der Waals surface area contributed by atoms with Crippen molar-refractivity contribution in [2.24, 2.45) is 0 Å². The van der Waals surface area contributed by atoms with Gasteiger partial charge in [0.05, 0.1) is 0 Å². The van der Waals surface area contributed by atoms with E-state index in [0.717, 1.165) is 0 Å². The first-order valence-electron chi connectivity index (χ1n) is 0.143. The molecule has 0 amide bonds. The molecule has 0 aromatic heterocycles. The molecular formula is CH11ClIrP2-. The first-order chi connectivity index (χ1) is 1.00. The summed E-state index contributed by atoms with van der Waals surface area (Å²) in [6.45, 7) is 0. The fourth-order valence-corrected chi connectivity index (χ4v) is 0. The van der Waals surface area contributed by atoms with Gasteiger partial charge in [-0.15, -0.1) is 0 Å². The van der Waals surface area contributed by atoms with Crippen LogP contribution in [-0.4, -0.2) is 0 Å². The molecule has 0 radical (unpaired) electrons. The fraction of sp³-hybridized carbons (Fsp3) is 0. The first-order valence-corrected chi connectivity index (χ1v) is 3.51. The normalized spacial score (nSPS) is 1.40. The van der Waals surface area contributed by atoms with Crippen LogP contribution in [0.25, 0.3) is 0 Å². The van der Waals surface area contributed by atoms with Crippen molar-refractivity contribution >= 4 is 29.4 Å². The molecule has 0 rings (SSSR count). The second-order valence-corrected chi connectivity index (χ2v) is 0. The number of rotatable bonds is 0. The Balaban J connectivity index is -0.00000000167. The van der Waals surface area contributed by atoms with Crippen LogP contribution in [0.3, 0.4) is 0 Å². The number of hydrogen-bond acceptors (Lipinski definition) is 0. The summed E-state index contributed by atoms with van der Waals surface area (Å²) in [5, 5.41) is 0. The van der Waals surface area contributed by atoms with Gasteiger partial charge in [-0.1, -0.05) is 0 Å². The van der Waals surface area contributed by atoms with E-state index < -0.39 is 0 Å². The molecule has 0 bridgehead atoms. The minimum absolute atomic E-state index is 0. The summed E-state index contributed by atoms with van der Waals surface area (Å²) in [7, 11) is 4.69. The molecule has 42 valence electrons. The van der Waals surface area contributed by atoms with Gasteiger partial charge in [-0.05, 0) is 0 Å². The molecule has 0 aliphatic carbocycles. The van der Waals surface area contributed by atoms with E-state index in [1.165, 1.54) is 17.9 Å².